The molecule has 1 aromatic heterocycles. The van der Waals surface area contributed by atoms with E-state index in [1.165, 1.54) is 5.56 Å². The minimum atomic E-state index is -0.294. The van der Waals surface area contributed by atoms with Crippen LogP contribution in [-0.4, -0.2) is 71.3 Å². The summed E-state index contributed by atoms with van der Waals surface area (Å²) in [4.78, 5) is 36.6. The summed E-state index contributed by atoms with van der Waals surface area (Å²) in [5, 5.41) is 0. The molecule has 3 fully saturated rings. The third-order valence-electron chi connectivity index (χ3n) is 7.45. The standard InChI is InChI=1S/C23H34N4O2/c1-18(2)13-20(28)27-11-6-22(7-12-27)16-26(15-19-5-4-9-24-14-19)17-23(22)8-10-25(3)21(23)29/h4-5,9,14,18H,6-8,10-13,15-17H2,1-3H3. The molecule has 1 aromatic rings. The molecular weight excluding hydrogens is 364 g/mol. The van der Waals surface area contributed by atoms with Gasteiger partial charge in [0.1, 0.15) is 0 Å². The van der Waals surface area contributed by atoms with Crippen molar-refractivity contribution in [2.45, 2.75) is 46.1 Å². The van der Waals surface area contributed by atoms with E-state index < -0.39 is 0 Å². The van der Waals surface area contributed by atoms with Crippen LogP contribution in [0.1, 0.15) is 45.1 Å². The van der Waals surface area contributed by atoms with Crippen LogP contribution in [0.4, 0.5) is 0 Å². The number of hydrogen-bond donors (Lipinski definition) is 0. The number of piperidine rings is 1. The number of hydrogen-bond acceptors (Lipinski definition) is 4. The highest BCUT2D eigenvalue weighted by Crippen LogP contribution is 2.57. The number of amides is 2. The van der Waals surface area contributed by atoms with Crippen molar-refractivity contribution in [3.8, 4) is 0 Å². The quantitative estimate of drug-likeness (QED) is 0.782. The Bertz CT molecular complexity index is 757. The average molecular weight is 399 g/mol. The number of fused-ring (bicyclic) bond motifs is 1. The van der Waals surface area contributed by atoms with Crippen molar-refractivity contribution in [1.29, 1.82) is 0 Å². The molecule has 2 spiro atoms. The van der Waals surface area contributed by atoms with E-state index in [0.717, 1.165) is 58.5 Å². The molecule has 29 heavy (non-hydrogen) atoms. The van der Waals surface area contributed by atoms with Gasteiger partial charge < -0.3 is 9.80 Å². The van der Waals surface area contributed by atoms with Crippen LogP contribution in [0.3, 0.4) is 0 Å². The summed E-state index contributed by atoms with van der Waals surface area (Å²) in [6.07, 6.45) is 7.14. The second-order valence-electron chi connectivity index (χ2n) is 9.82. The summed E-state index contributed by atoms with van der Waals surface area (Å²) in [6, 6.07) is 4.09. The van der Waals surface area contributed by atoms with E-state index in [4.69, 9.17) is 0 Å². The first-order valence-corrected chi connectivity index (χ1v) is 11.0. The highest BCUT2D eigenvalue weighted by molar-refractivity contribution is 5.86. The van der Waals surface area contributed by atoms with E-state index in [2.05, 4.69) is 29.8 Å². The van der Waals surface area contributed by atoms with Crippen molar-refractivity contribution in [2.75, 3.05) is 39.8 Å². The Morgan fingerprint density at radius 1 is 1.17 bits per heavy atom. The minimum absolute atomic E-state index is 0.0222. The first-order chi connectivity index (χ1) is 13.9. The van der Waals surface area contributed by atoms with Crippen LogP contribution in [0.15, 0.2) is 24.5 Å². The van der Waals surface area contributed by atoms with E-state index in [0.29, 0.717) is 18.2 Å². The molecular formula is C23H34N4O2. The summed E-state index contributed by atoms with van der Waals surface area (Å²) in [6.45, 7) is 9.20. The van der Waals surface area contributed by atoms with E-state index in [-0.39, 0.29) is 16.7 Å². The van der Waals surface area contributed by atoms with Gasteiger partial charge in [0.25, 0.3) is 0 Å². The molecule has 0 aliphatic carbocycles. The van der Waals surface area contributed by atoms with Crippen LogP contribution in [0, 0.1) is 16.7 Å². The van der Waals surface area contributed by atoms with E-state index in [1.54, 1.807) is 6.20 Å². The Morgan fingerprint density at radius 2 is 1.93 bits per heavy atom. The molecule has 0 N–H and O–H groups in total. The zero-order valence-electron chi connectivity index (χ0n) is 18.1. The number of carbonyl (C=O) groups is 2. The maximum Gasteiger partial charge on any atom is 0.230 e. The van der Waals surface area contributed by atoms with Crippen molar-refractivity contribution >= 4 is 11.8 Å². The maximum absolute atomic E-state index is 13.4. The molecule has 4 heterocycles. The van der Waals surface area contributed by atoms with Crippen molar-refractivity contribution < 1.29 is 9.59 Å². The molecule has 2 amide bonds. The maximum atomic E-state index is 13.4. The molecule has 3 aliphatic heterocycles. The lowest BCUT2D eigenvalue weighted by Gasteiger charge is -2.47. The topological polar surface area (TPSA) is 56.8 Å². The van der Waals surface area contributed by atoms with Crippen LogP contribution >= 0.6 is 0 Å². The lowest BCUT2D eigenvalue weighted by atomic mass is 9.60. The van der Waals surface area contributed by atoms with Gasteiger partial charge in [-0.2, -0.15) is 0 Å². The second kappa shape index (κ2) is 7.71. The molecule has 0 bridgehead atoms. The zero-order chi connectivity index (χ0) is 20.6. The molecule has 1 atom stereocenters. The van der Waals surface area contributed by atoms with Gasteiger partial charge in [-0.05, 0) is 36.8 Å². The van der Waals surface area contributed by atoms with E-state index in [1.807, 2.05) is 29.1 Å². The fourth-order valence-electron chi connectivity index (χ4n) is 5.92. The molecule has 3 aliphatic rings. The molecule has 158 valence electrons. The number of nitrogens with zero attached hydrogens (tertiary/aromatic N) is 4. The van der Waals surface area contributed by atoms with Crippen LogP contribution in [0.25, 0.3) is 0 Å². The Morgan fingerprint density at radius 3 is 2.52 bits per heavy atom. The van der Waals surface area contributed by atoms with Gasteiger partial charge in [0.15, 0.2) is 0 Å². The monoisotopic (exact) mass is 398 g/mol. The van der Waals surface area contributed by atoms with Crippen LogP contribution in [0.2, 0.25) is 0 Å². The number of pyridine rings is 1. The Kier molecular flexibility index (Phi) is 5.40. The van der Waals surface area contributed by atoms with Gasteiger partial charge in [-0.25, -0.2) is 0 Å². The van der Waals surface area contributed by atoms with Crippen molar-refractivity contribution in [3.63, 3.8) is 0 Å². The SMILES string of the molecule is CC(C)CC(=O)N1CCC2(CC1)CN(Cc1cccnc1)CC21CCN(C)C1=O. The van der Waals surface area contributed by atoms with E-state index in [9.17, 15) is 9.59 Å². The molecule has 6 nitrogen and oxygen atoms in total. The average Bonchev–Trinajstić information content (AvgIpc) is 3.15. The second-order valence-corrected chi connectivity index (χ2v) is 9.82. The fraction of sp³-hybridized carbons (Fsp3) is 0.696. The molecule has 6 heteroatoms. The lowest BCUT2D eigenvalue weighted by Crippen LogP contribution is -2.53. The number of likely N-dealkylation sites (tertiary alicyclic amines) is 3. The highest BCUT2D eigenvalue weighted by Gasteiger charge is 2.64. The van der Waals surface area contributed by atoms with Crippen LogP contribution in [-0.2, 0) is 16.1 Å². The number of rotatable bonds is 4. The predicted octanol–water partition coefficient (Wildman–Crippen LogP) is 2.40. The molecule has 0 aromatic carbocycles. The first kappa shape index (κ1) is 20.3. The van der Waals surface area contributed by atoms with E-state index >= 15 is 0 Å². The molecule has 3 saturated heterocycles. The summed E-state index contributed by atoms with van der Waals surface area (Å²) in [5.41, 5.74) is 0.881. The number of aromatic nitrogens is 1. The summed E-state index contributed by atoms with van der Waals surface area (Å²) < 4.78 is 0. The predicted molar refractivity (Wildman–Crippen MR) is 112 cm³/mol. The van der Waals surface area contributed by atoms with Crippen LogP contribution in [0.5, 0.6) is 0 Å². The van der Waals surface area contributed by atoms with Crippen molar-refractivity contribution in [2.24, 2.45) is 16.7 Å². The van der Waals surface area contributed by atoms with Gasteiger partial charge in [-0.3, -0.25) is 19.5 Å². The Balaban J connectivity index is 1.54. The molecule has 0 saturated carbocycles. The van der Waals surface area contributed by atoms with Crippen molar-refractivity contribution in [1.82, 2.24) is 19.7 Å². The highest BCUT2D eigenvalue weighted by atomic mass is 16.2. The third-order valence-corrected chi connectivity index (χ3v) is 7.45. The zero-order valence-corrected chi connectivity index (χ0v) is 18.1. The summed E-state index contributed by atoms with van der Waals surface area (Å²) in [5.74, 6) is 0.966. The van der Waals surface area contributed by atoms with Gasteiger partial charge >= 0.3 is 0 Å². The molecule has 0 radical (unpaired) electrons. The first-order valence-electron chi connectivity index (χ1n) is 11.0. The van der Waals surface area contributed by atoms with Gasteiger partial charge in [-0.1, -0.05) is 19.9 Å². The van der Waals surface area contributed by atoms with Crippen LogP contribution < -0.4 is 0 Å². The summed E-state index contributed by atoms with van der Waals surface area (Å²) >= 11 is 0. The van der Waals surface area contributed by atoms with Gasteiger partial charge in [0.05, 0.1) is 5.41 Å². The smallest absolute Gasteiger partial charge is 0.230 e. The fourth-order valence-corrected chi connectivity index (χ4v) is 5.92. The van der Waals surface area contributed by atoms with Gasteiger partial charge in [0.2, 0.25) is 11.8 Å². The molecule has 4 rings (SSSR count). The Labute approximate surface area is 174 Å². The minimum Gasteiger partial charge on any atom is -0.345 e. The van der Waals surface area contributed by atoms with Gasteiger partial charge in [0, 0.05) is 70.5 Å². The normalized spacial score (nSPS) is 27.0. The third kappa shape index (κ3) is 3.56. The van der Waals surface area contributed by atoms with Gasteiger partial charge in [-0.15, -0.1) is 0 Å². The summed E-state index contributed by atoms with van der Waals surface area (Å²) in [7, 11) is 1.94. The lowest BCUT2D eigenvalue weighted by molar-refractivity contribution is -0.143. The number of carbonyl (C=O) groups excluding carboxylic acids is 2. The van der Waals surface area contributed by atoms with Crippen molar-refractivity contribution in [3.05, 3.63) is 30.1 Å². The molecule has 1 unspecified atom stereocenters. The largest absolute Gasteiger partial charge is 0.345 e. The Hall–Kier alpha value is -1.95.